The molecule has 0 unspecified atom stereocenters. The van der Waals surface area contributed by atoms with Crippen molar-refractivity contribution >= 4 is 15.9 Å². The van der Waals surface area contributed by atoms with Crippen molar-refractivity contribution in [3.05, 3.63) is 0 Å². The first kappa shape index (κ1) is 2.67. The van der Waals surface area contributed by atoms with Gasteiger partial charge in [-0.25, -0.2) is 0 Å². The molecule has 1 atom stereocenters. The van der Waals surface area contributed by atoms with Gasteiger partial charge in [-0.2, -0.15) is 0 Å². The lowest BCUT2D eigenvalue weighted by molar-refractivity contribution is 0.463. The van der Waals surface area contributed by atoms with E-state index in [9.17, 15) is 0 Å². The van der Waals surface area contributed by atoms with Gasteiger partial charge in [0.25, 0.3) is 0 Å². The van der Waals surface area contributed by atoms with Crippen molar-refractivity contribution in [2.75, 3.05) is 6.61 Å². The van der Waals surface area contributed by atoms with Gasteiger partial charge in [-0.3, -0.25) is 0 Å². The van der Waals surface area contributed by atoms with Crippen LogP contribution in [-0.4, -0.2) is 11.6 Å². The van der Waals surface area contributed by atoms with Crippen molar-refractivity contribution in [3.63, 3.8) is 0 Å². The molecule has 1 nitrogen and oxygen atoms in total. The predicted molar refractivity (Wildman–Crippen MR) is 18.7 cm³/mol. The smallest absolute Gasteiger partial charge is 0.135 e. The van der Waals surface area contributed by atoms with Crippen LogP contribution in [0.5, 0.6) is 0 Å². The molecule has 2 heteroatoms. The van der Waals surface area contributed by atoms with Crippen molar-refractivity contribution in [3.8, 4) is 0 Å². The third-order valence-electron chi connectivity index (χ3n) is 0.293. The van der Waals surface area contributed by atoms with Crippen LogP contribution in [0.3, 0.4) is 0 Å². The number of hydrogen-bond donors (Lipinski definition) is 0. The van der Waals surface area contributed by atoms with Crippen molar-refractivity contribution in [1.82, 2.24) is 0 Å². The number of alkyl halides is 1. The largest absolute Gasteiger partial charge is 0.361 e. The summed E-state index contributed by atoms with van der Waals surface area (Å²) >= 11 is 3.16. The fourth-order valence-electron chi connectivity index (χ4n) is 0.0364. The molecule has 1 saturated heterocycles. The van der Waals surface area contributed by atoms with E-state index >= 15 is 0 Å². The molecule has 0 N–H and O–H groups in total. The molecule has 1 aliphatic heterocycles. The molecule has 1 fully saturated rings. The quantitative estimate of drug-likeness (QED) is 0.341. The van der Waals surface area contributed by atoms with Gasteiger partial charge in [-0.05, 0) is 0 Å². The summed E-state index contributed by atoms with van der Waals surface area (Å²) in [7, 11) is 0. The maximum absolute atomic E-state index is 4.62. The number of epoxide rings is 1. The highest BCUT2D eigenvalue weighted by molar-refractivity contribution is 9.09. The summed E-state index contributed by atoms with van der Waals surface area (Å²) in [6.07, 6.45) is 0. The van der Waals surface area contributed by atoms with Gasteiger partial charge >= 0.3 is 0 Å². The van der Waals surface area contributed by atoms with Crippen LogP contribution < -0.4 is 0 Å². The van der Waals surface area contributed by atoms with Crippen LogP contribution >= 0.6 is 15.9 Å². The molecule has 1 heterocycles. The molecule has 4 heavy (non-hydrogen) atoms. The van der Waals surface area contributed by atoms with Gasteiger partial charge in [0.05, 0.1) is 6.61 Å². The fourth-order valence-corrected chi connectivity index (χ4v) is 0.189. The maximum atomic E-state index is 4.62. The second-order valence-corrected chi connectivity index (χ2v) is 1.76. The number of rotatable bonds is 0. The van der Waals surface area contributed by atoms with Gasteiger partial charge in [0, 0.05) is 0 Å². The van der Waals surface area contributed by atoms with E-state index in [1.807, 2.05) is 0 Å². The molecule has 0 bridgehead atoms. The van der Waals surface area contributed by atoms with E-state index in [1.54, 1.807) is 0 Å². The first-order valence-electron chi connectivity index (χ1n) is 1.15. The minimum Gasteiger partial charge on any atom is -0.361 e. The second kappa shape index (κ2) is 0.692. The molecule has 0 aromatic carbocycles. The summed E-state index contributed by atoms with van der Waals surface area (Å²) in [5.41, 5.74) is 0. The first-order valence-corrected chi connectivity index (χ1v) is 2.07. The molecule has 0 aromatic rings. The Kier molecular flexibility index (Phi) is 0.461. The van der Waals surface area contributed by atoms with Crippen LogP contribution in [0.1, 0.15) is 0 Å². The molecule has 1 aliphatic rings. The summed E-state index contributed by atoms with van der Waals surface area (Å²) in [6.45, 7) is 0.903. The third-order valence-corrected chi connectivity index (χ3v) is 0.821. The van der Waals surface area contributed by atoms with Crippen LogP contribution in [0.4, 0.5) is 0 Å². The number of hydrogen-bond acceptors (Lipinski definition) is 1. The Balaban J connectivity index is 2.17. The fraction of sp³-hybridized carbons (Fsp3) is 1.00. The molecule has 0 aliphatic carbocycles. The van der Waals surface area contributed by atoms with Crippen LogP contribution in [0, 0.1) is 0 Å². The van der Waals surface area contributed by atoms with Crippen molar-refractivity contribution in [2.45, 2.75) is 5.01 Å². The SMILES string of the molecule is Br[C@@H]1CO1. The highest BCUT2D eigenvalue weighted by Crippen LogP contribution is 2.14. The second-order valence-electron chi connectivity index (χ2n) is 0.743. The minimum absolute atomic E-state index is 0.396. The van der Waals surface area contributed by atoms with E-state index in [4.69, 9.17) is 0 Å². The summed E-state index contributed by atoms with van der Waals surface area (Å²) in [5.74, 6) is 0. The third kappa shape index (κ3) is 0.428. The Morgan fingerprint density at radius 3 is 2.25 bits per heavy atom. The van der Waals surface area contributed by atoms with Crippen LogP contribution in [0.2, 0.25) is 0 Å². The number of halogens is 1. The van der Waals surface area contributed by atoms with Gasteiger partial charge in [0.1, 0.15) is 5.01 Å². The number of ether oxygens (including phenoxy) is 1. The topological polar surface area (TPSA) is 12.5 Å². The molecule has 0 radical (unpaired) electrons. The van der Waals surface area contributed by atoms with Gasteiger partial charge < -0.3 is 4.74 Å². The molecule has 0 spiro atoms. The van der Waals surface area contributed by atoms with Crippen molar-refractivity contribution in [1.29, 1.82) is 0 Å². The summed E-state index contributed by atoms with van der Waals surface area (Å²) in [6, 6.07) is 0. The maximum Gasteiger partial charge on any atom is 0.135 e. The summed E-state index contributed by atoms with van der Waals surface area (Å²) < 4.78 is 4.62. The molecular formula is C2H3BrO. The Morgan fingerprint density at radius 2 is 2.25 bits per heavy atom. The Labute approximate surface area is 33.1 Å². The van der Waals surface area contributed by atoms with E-state index in [2.05, 4.69) is 20.7 Å². The average Bonchev–Trinajstić information content (AvgIpc) is 1.75. The summed E-state index contributed by atoms with van der Waals surface area (Å²) in [4.78, 5) is 0. The van der Waals surface area contributed by atoms with E-state index in [0.717, 1.165) is 6.61 Å². The van der Waals surface area contributed by atoms with E-state index in [-0.39, 0.29) is 0 Å². The lowest BCUT2D eigenvalue weighted by atomic mass is 11.0. The Morgan fingerprint density at radius 1 is 2.00 bits per heavy atom. The predicted octanol–water partition coefficient (Wildman–Crippen LogP) is 0.738. The van der Waals surface area contributed by atoms with Gasteiger partial charge in [0.2, 0.25) is 0 Å². The van der Waals surface area contributed by atoms with Crippen LogP contribution in [0.25, 0.3) is 0 Å². The van der Waals surface area contributed by atoms with Crippen LogP contribution in [-0.2, 0) is 4.74 Å². The highest BCUT2D eigenvalue weighted by atomic mass is 79.9. The normalized spacial score (nSPS) is 39.8. The molecule has 0 amide bonds. The van der Waals surface area contributed by atoms with E-state index in [0.29, 0.717) is 5.01 Å². The zero-order valence-corrected chi connectivity index (χ0v) is 3.66. The lowest BCUT2D eigenvalue weighted by Gasteiger charge is -1.48. The van der Waals surface area contributed by atoms with Gasteiger partial charge in [0.15, 0.2) is 0 Å². The molecular weight excluding hydrogens is 120 g/mol. The molecule has 24 valence electrons. The molecule has 1 rings (SSSR count). The van der Waals surface area contributed by atoms with Gasteiger partial charge in [-0.1, -0.05) is 15.9 Å². The van der Waals surface area contributed by atoms with E-state index in [1.165, 1.54) is 0 Å². The highest BCUT2D eigenvalue weighted by Gasteiger charge is 2.15. The zero-order valence-electron chi connectivity index (χ0n) is 2.07. The Hall–Kier alpha value is 0.440. The first-order chi connectivity index (χ1) is 1.89. The van der Waals surface area contributed by atoms with Gasteiger partial charge in [-0.15, -0.1) is 0 Å². The standard InChI is InChI=1S/C2H3BrO/c3-2-1-4-2/h2H,1H2/t2-/m0/s1. The van der Waals surface area contributed by atoms with Crippen LogP contribution in [0.15, 0.2) is 0 Å². The minimum atomic E-state index is 0.396. The monoisotopic (exact) mass is 122 g/mol. The van der Waals surface area contributed by atoms with E-state index < -0.39 is 0 Å². The summed E-state index contributed by atoms with van der Waals surface area (Å²) in [5, 5.41) is 0.396. The Bertz CT molecular complexity index is 25.2. The van der Waals surface area contributed by atoms with Crippen molar-refractivity contribution < 1.29 is 4.74 Å². The molecule has 0 aromatic heterocycles. The lowest BCUT2D eigenvalue weighted by Crippen LogP contribution is -1.49. The van der Waals surface area contributed by atoms with Crippen molar-refractivity contribution in [2.24, 2.45) is 0 Å². The average molecular weight is 123 g/mol. The molecule has 0 saturated carbocycles. The zero-order chi connectivity index (χ0) is 2.99.